The van der Waals surface area contributed by atoms with Crippen molar-refractivity contribution in [3.63, 3.8) is 0 Å². The summed E-state index contributed by atoms with van der Waals surface area (Å²) < 4.78 is 11.2. The quantitative estimate of drug-likeness (QED) is 0.799. The Morgan fingerprint density at radius 2 is 1.89 bits per heavy atom. The summed E-state index contributed by atoms with van der Waals surface area (Å²) in [4.78, 5) is 14.8. The van der Waals surface area contributed by atoms with Crippen molar-refractivity contribution in [2.45, 2.75) is 40.0 Å². The third-order valence-corrected chi connectivity index (χ3v) is 4.97. The first-order valence-electron chi connectivity index (χ1n) is 9.91. The minimum atomic E-state index is -0.544. The summed E-state index contributed by atoms with van der Waals surface area (Å²) in [5.74, 6) is 0.638. The van der Waals surface area contributed by atoms with E-state index in [9.17, 15) is 4.79 Å². The molecule has 1 aliphatic rings. The molecular weight excluding hydrogens is 352 g/mol. The Labute approximate surface area is 167 Å². The van der Waals surface area contributed by atoms with Crippen molar-refractivity contribution in [2.75, 3.05) is 26.3 Å². The fourth-order valence-corrected chi connectivity index (χ4v) is 3.36. The second kappa shape index (κ2) is 9.71. The minimum Gasteiger partial charge on any atom is -0.481 e. The first kappa shape index (κ1) is 20.4. The van der Waals surface area contributed by atoms with Crippen LogP contribution >= 0.6 is 0 Å². The van der Waals surface area contributed by atoms with Gasteiger partial charge in [-0.3, -0.25) is 9.69 Å². The zero-order valence-electron chi connectivity index (χ0n) is 17.0. The van der Waals surface area contributed by atoms with Crippen molar-refractivity contribution in [1.29, 1.82) is 0 Å². The molecule has 0 aliphatic carbocycles. The number of aryl methyl sites for hydroxylation is 2. The molecule has 3 rings (SSSR count). The van der Waals surface area contributed by atoms with Crippen LogP contribution in [0.15, 0.2) is 42.5 Å². The Kier molecular flexibility index (Phi) is 7.06. The van der Waals surface area contributed by atoms with Crippen LogP contribution in [0.3, 0.4) is 0 Å². The van der Waals surface area contributed by atoms with E-state index in [2.05, 4.69) is 28.4 Å². The molecule has 1 amide bonds. The number of hydrogen-bond acceptors (Lipinski definition) is 4. The SMILES string of the molecule is Cc1ccc(O[C@H](C)C(=O)NCc2cccc(CN3CCOCC3)c2)c(C)c1. The number of carbonyl (C=O) groups excluding carboxylic acids is 1. The van der Waals surface area contributed by atoms with Crippen LogP contribution in [0.2, 0.25) is 0 Å². The molecule has 1 heterocycles. The van der Waals surface area contributed by atoms with E-state index in [0.717, 1.165) is 49.7 Å². The molecule has 0 spiro atoms. The molecule has 1 atom stereocenters. The number of ether oxygens (including phenoxy) is 2. The van der Waals surface area contributed by atoms with Gasteiger partial charge in [-0.15, -0.1) is 0 Å². The molecule has 1 fully saturated rings. The standard InChI is InChI=1S/C23H30N2O3/c1-17-7-8-22(18(2)13-17)28-19(3)23(26)24-15-20-5-4-6-21(14-20)16-25-9-11-27-12-10-25/h4-8,13-14,19H,9-12,15-16H2,1-3H3,(H,24,26)/t19-/m1/s1. The average Bonchev–Trinajstić information content (AvgIpc) is 2.69. The zero-order chi connectivity index (χ0) is 19.9. The monoisotopic (exact) mass is 382 g/mol. The van der Waals surface area contributed by atoms with E-state index < -0.39 is 6.10 Å². The maximum absolute atomic E-state index is 12.4. The zero-order valence-corrected chi connectivity index (χ0v) is 17.0. The summed E-state index contributed by atoms with van der Waals surface area (Å²) >= 11 is 0. The van der Waals surface area contributed by atoms with Gasteiger partial charge in [-0.05, 0) is 43.5 Å². The number of nitrogens with zero attached hydrogens (tertiary/aromatic N) is 1. The van der Waals surface area contributed by atoms with Crippen LogP contribution in [0.25, 0.3) is 0 Å². The van der Waals surface area contributed by atoms with Gasteiger partial charge in [-0.25, -0.2) is 0 Å². The molecule has 0 saturated carbocycles. The first-order valence-corrected chi connectivity index (χ1v) is 9.91. The van der Waals surface area contributed by atoms with Gasteiger partial charge in [0, 0.05) is 26.2 Å². The van der Waals surface area contributed by atoms with Crippen molar-refractivity contribution in [1.82, 2.24) is 10.2 Å². The Balaban J connectivity index is 1.51. The number of hydrogen-bond donors (Lipinski definition) is 1. The van der Waals surface area contributed by atoms with Crippen molar-refractivity contribution in [3.8, 4) is 5.75 Å². The van der Waals surface area contributed by atoms with E-state index in [1.165, 1.54) is 11.1 Å². The molecule has 2 aromatic rings. The van der Waals surface area contributed by atoms with E-state index in [0.29, 0.717) is 6.54 Å². The van der Waals surface area contributed by atoms with Gasteiger partial charge in [0.25, 0.3) is 5.91 Å². The fourth-order valence-electron chi connectivity index (χ4n) is 3.36. The Morgan fingerprint density at radius 3 is 2.64 bits per heavy atom. The van der Waals surface area contributed by atoms with E-state index in [-0.39, 0.29) is 5.91 Å². The average molecular weight is 383 g/mol. The lowest BCUT2D eigenvalue weighted by molar-refractivity contribution is -0.127. The van der Waals surface area contributed by atoms with E-state index in [4.69, 9.17) is 9.47 Å². The normalized spacial score (nSPS) is 15.8. The van der Waals surface area contributed by atoms with E-state index in [1.807, 2.05) is 38.1 Å². The highest BCUT2D eigenvalue weighted by atomic mass is 16.5. The smallest absolute Gasteiger partial charge is 0.261 e. The van der Waals surface area contributed by atoms with Gasteiger partial charge in [-0.1, -0.05) is 42.0 Å². The van der Waals surface area contributed by atoms with Crippen molar-refractivity contribution in [2.24, 2.45) is 0 Å². The van der Waals surface area contributed by atoms with Gasteiger partial charge < -0.3 is 14.8 Å². The minimum absolute atomic E-state index is 0.112. The topological polar surface area (TPSA) is 50.8 Å². The summed E-state index contributed by atoms with van der Waals surface area (Å²) in [6, 6.07) is 14.3. The number of nitrogens with one attached hydrogen (secondary N) is 1. The number of rotatable bonds is 7. The lowest BCUT2D eigenvalue weighted by Gasteiger charge is -2.26. The van der Waals surface area contributed by atoms with Crippen LogP contribution in [0.4, 0.5) is 0 Å². The highest BCUT2D eigenvalue weighted by Crippen LogP contribution is 2.20. The summed E-state index contributed by atoms with van der Waals surface area (Å²) in [5, 5.41) is 2.98. The highest BCUT2D eigenvalue weighted by Gasteiger charge is 2.16. The summed E-state index contributed by atoms with van der Waals surface area (Å²) in [7, 11) is 0. The molecule has 0 aromatic heterocycles. The van der Waals surface area contributed by atoms with E-state index >= 15 is 0 Å². The molecule has 0 bridgehead atoms. The molecule has 0 unspecified atom stereocenters. The van der Waals surface area contributed by atoms with Crippen LogP contribution < -0.4 is 10.1 Å². The third kappa shape index (κ3) is 5.81. The molecule has 5 heteroatoms. The van der Waals surface area contributed by atoms with Crippen molar-refractivity contribution >= 4 is 5.91 Å². The largest absolute Gasteiger partial charge is 0.481 e. The van der Waals surface area contributed by atoms with Crippen LogP contribution in [0, 0.1) is 13.8 Å². The highest BCUT2D eigenvalue weighted by molar-refractivity contribution is 5.80. The molecular formula is C23H30N2O3. The maximum Gasteiger partial charge on any atom is 0.261 e. The van der Waals surface area contributed by atoms with Crippen LogP contribution in [-0.2, 0) is 22.6 Å². The Bertz CT molecular complexity index is 800. The molecule has 2 aromatic carbocycles. The van der Waals surface area contributed by atoms with Crippen LogP contribution in [0.5, 0.6) is 5.75 Å². The predicted octanol–water partition coefficient (Wildman–Crippen LogP) is 3.22. The van der Waals surface area contributed by atoms with Gasteiger partial charge in [0.05, 0.1) is 13.2 Å². The summed E-state index contributed by atoms with van der Waals surface area (Å²) in [6.07, 6.45) is -0.544. The molecule has 1 N–H and O–H groups in total. The number of morpholine rings is 1. The lowest BCUT2D eigenvalue weighted by atomic mass is 10.1. The fraction of sp³-hybridized carbons (Fsp3) is 0.435. The second-order valence-electron chi connectivity index (χ2n) is 7.46. The number of carbonyl (C=O) groups is 1. The molecule has 5 nitrogen and oxygen atoms in total. The number of amides is 1. The van der Waals surface area contributed by atoms with E-state index in [1.54, 1.807) is 6.92 Å². The third-order valence-electron chi connectivity index (χ3n) is 4.97. The molecule has 0 radical (unpaired) electrons. The Morgan fingerprint density at radius 1 is 1.14 bits per heavy atom. The van der Waals surface area contributed by atoms with Crippen LogP contribution in [0.1, 0.15) is 29.2 Å². The van der Waals surface area contributed by atoms with Gasteiger partial charge in [0.2, 0.25) is 0 Å². The first-order chi connectivity index (χ1) is 13.5. The molecule has 1 aliphatic heterocycles. The molecule has 1 saturated heterocycles. The van der Waals surface area contributed by atoms with Gasteiger partial charge >= 0.3 is 0 Å². The number of benzene rings is 2. The van der Waals surface area contributed by atoms with Crippen LogP contribution in [-0.4, -0.2) is 43.2 Å². The lowest BCUT2D eigenvalue weighted by Crippen LogP contribution is -2.36. The maximum atomic E-state index is 12.4. The summed E-state index contributed by atoms with van der Waals surface area (Å²) in [6.45, 7) is 10.8. The molecule has 28 heavy (non-hydrogen) atoms. The summed E-state index contributed by atoms with van der Waals surface area (Å²) in [5.41, 5.74) is 4.57. The van der Waals surface area contributed by atoms with Crippen molar-refractivity contribution in [3.05, 3.63) is 64.7 Å². The Hall–Kier alpha value is -2.37. The van der Waals surface area contributed by atoms with Gasteiger partial charge in [0.15, 0.2) is 6.10 Å². The molecule has 150 valence electrons. The van der Waals surface area contributed by atoms with Gasteiger partial charge in [-0.2, -0.15) is 0 Å². The predicted molar refractivity (Wildman–Crippen MR) is 110 cm³/mol. The van der Waals surface area contributed by atoms with Gasteiger partial charge in [0.1, 0.15) is 5.75 Å². The second-order valence-corrected chi connectivity index (χ2v) is 7.46. The van der Waals surface area contributed by atoms with Crippen molar-refractivity contribution < 1.29 is 14.3 Å².